The lowest BCUT2D eigenvalue weighted by molar-refractivity contribution is 0.0199. The number of nitrogens with one attached hydrogen (secondary N) is 1. The zero-order valence-corrected chi connectivity index (χ0v) is 17.0. The molecule has 2 aromatic rings. The molecule has 0 atom stereocenters. The minimum atomic E-state index is -0.523. The number of nitrogens with two attached hydrogens (primary N) is 1. The first kappa shape index (κ1) is 20.2. The van der Waals surface area contributed by atoms with E-state index in [1.165, 1.54) is 0 Å². The number of pyridine rings is 1. The van der Waals surface area contributed by atoms with Gasteiger partial charge in [0.25, 0.3) is 5.91 Å². The first-order valence-corrected chi connectivity index (χ1v) is 9.65. The quantitative estimate of drug-likeness (QED) is 0.745. The molecule has 2 amide bonds. The van der Waals surface area contributed by atoms with Gasteiger partial charge in [-0.15, -0.1) is 0 Å². The molecule has 0 unspecified atom stereocenters. The smallest absolute Gasteiger partial charge is 0.410 e. The number of halogens is 1. The van der Waals surface area contributed by atoms with Crippen molar-refractivity contribution in [3.05, 3.63) is 35.0 Å². The van der Waals surface area contributed by atoms with Crippen molar-refractivity contribution in [3.8, 4) is 0 Å². The van der Waals surface area contributed by atoms with Crippen molar-refractivity contribution in [2.45, 2.75) is 45.3 Å². The molecule has 1 aliphatic rings. The van der Waals surface area contributed by atoms with Crippen LogP contribution in [-0.4, -0.2) is 46.6 Å². The summed E-state index contributed by atoms with van der Waals surface area (Å²) in [6, 6.07) is 5.06. The van der Waals surface area contributed by atoms with Gasteiger partial charge in [0.1, 0.15) is 5.60 Å². The van der Waals surface area contributed by atoms with E-state index in [-0.39, 0.29) is 18.0 Å². The maximum absolute atomic E-state index is 12.8. The average molecular weight is 405 g/mol. The van der Waals surface area contributed by atoms with Gasteiger partial charge in [0.2, 0.25) is 0 Å². The van der Waals surface area contributed by atoms with Crippen LogP contribution in [0.2, 0.25) is 5.02 Å². The molecule has 7 nitrogen and oxygen atoms in total. The Morgan fingerprint density at radius 1 is 1.32 bits per heavy atom. The fraction of sp³-hybridized carbons (Fsp3) is 0.450. The zero-order chi connectivity index (χ0) is 20.5. The Kier molecular flexibility index (Phi) is 5.65. The van der Waals surface area contributed by atoms with Crippen LogP contribution in [0.4, 0.5) is 10.5 Å². The Labute approximate surface area is 169 Å². The average Bonchev–Trinajstić information content (AvgIpc) is 2.64. The Hall–Kier alpha value is -2.54. The predicted molar refractivity (Wildman–Crippen MR) is 109 cm³/mol. The molecule has 1 fully saturated rings. The molecule has 1 aliphatic heterocycles. The van der Waals surface area contributed by atoms with Gasteiger partial charge in [-0.25, -0.2) is 4.79 Å². The normalized spacial score (nSPS) is 15.5. The van der Waals surface area contributed by atoms with E-state index in [0.717, 1.165) is 0 Å². The van der Waals surface area contributed by atoms with Crippen molar-refractivity contribution in [1.82, 2.24) is 15.2 Å². The number of rotatable bonds is 2. The van der Waals surface area contributed by atoms with Crippen LogP contribution in [0.15, 0.2) is 24.4 Å². The molecule has 0 bridgehead atoms. The van der Waals surface area contributed by atoms with Gasteiger partial charge >= 0.3 is 6.09 Å². The number of nitrogen functional groups attached to an aromatic ring is 1. The van der Waals surface area contributed by atoms with Gasteiger partial charge in [-0.3, -0.25) is 9.78 Å². The Morgan fingerprint density at radius 2 is 2.00 bits per heavy atom. The number of amides is 2. The molecule has 0 radical (unpaired) electrons. The molecule has 0 spiro atoms. The number of nitrogens with zero attached hydrogens (tertiary/aromatic N) is 2. The van der Waals surface area contributed by atoms with Crippen LogP contribution in [0.25, 0.3) is 10.9 Å². The minimum Gasteiger partial charge on any atom is -0.444 e. The predicted octanol–water partition coefficient (Wildman–Crippen LogP) is 3.60. The molecular weight excluding hydrogens is 380 g/mol. The number of ether oxygens (including phenoxy) is 1. The molecule has 1 saturated heterocycles. The highest BCUT2D eigenvalue weighted by atomic mass is 35.5. The monoisotopic (exact) mass is 404 g/mol. The largest absolute Gasteiger partial charge is 0.444 e. The third-order valence-electron chi connectivity index (χ3n) is 4.61. The van der Waals surface area contributed by atoms with Crippen molar-refractivity contribution in [1.29, 1.82) is 0 Å². The molecule has 1 aromatic heterocycles. The first-order valence-electron chi connectivity index (χ1n) is 9.27. The number of anilines is 1. The highest BCUT2D eigenvalue weighted by Crippen LogP contribution is 2.30. The molecule has 2 heterocycles. The lowest BCUT2D eigenvalue weighted by Gasteiger charge is -2.33. The van der Waals surface area contributed by atoms with Crippen molar-refractivity contribution in [2.75, 3.05) is 18.8 Å². The molecule has 1 aromatic carbocycles. The second-order valence-electron chi connectivity index (χ2n) is 7.93. The second kappa shape index (κ2) is 7.83. The van der Waals surface area contributed by atoms with E-state index in [1.54, 1.807) is 29.3 Å². The van der Waals surface area contributed by atoms with E-state index in [4.69, 9.17) is 22.1 Å². The molecule has 8 heteroatoms. The summed E-state index contributed by atoms with van der Waals surface area (Å²) in [5.41, 5.74) is 6.81. The van der Waals surface area contributed by atoms with Gasteiger partial charge in [-0.1, -0.05) is 11.6 Å². The van der Waals surface area contributed by atoms with E-state index < -0.39 is 5.60 Å². The van der Waals surface area contributed by atoms with Gasteiger partial charge in [-0.2, -0.15) is 0 Å². The molecular formula is C20H25ClN4O3. The minimum absolute atomic E-state index is 0.0405. The molecule has 28 heavy (non-hydrogen) atoms. The topological polar surface area (TPSA) is 97.5 Å². The number of piperidine rings is 1. The number of hydrogen-bond donors (Lipinski definition) is 2. The molecule has 3 rings (SSSR count). The fourth-order valence-corrected chi connectivity index (χ4v) is 3.42. The summed E-state index contributed by atoms with van der Waals surface area (Å²) in [5.74, 6) is -0.249. The van der Waals surface area contributed by atoms with Gasteiger partial charge in [0, 0.05) is 30.7 Å². The Balaban J connectivity index is 1.67. The number of benzene rings is 1. The maximum Gasteiger partial charge on any atom is 0.410 e. The van der Waals surface area contributed by atoms with Crippen LogP contribution in [0.3, 0.4) is 0 Å². The molecule has 0 aliphatic carbocycles. The van der Waals surface area contributed by atoms with Crippen molar-refractivity contribution >= 4 is 40.2 Å². The van der Waals surface area contributed by atoms with Crippen LogP contribution >= 0.6 is 11.6 Å². The van der Waals surface area contributed by atoms with Crippen LogP contribution in [-0.2, 0) is 4.74 Å². The summed E-state index contributed by atoms with van der Waals surface area (Å²) in [6.45, 7) is 6.58. The summed E-state index contributed by atoms with van der Waals surface area (Å²) in [6.07, 6.45) is 2.60. The van der Waals surface area contributed by atoms with E-state index in [9.17, 15) is 9.59 Å². The third kappa shape index (κ3) is 4.47. The number of carbonyl (C=O) groups excluding carboxylic acids is 2. The second-order valence-corrected chi connectivity index (χ2v) is 8.34. The van der Waals surface area contributed by atoms with Gasteiger partial charge in [-0.05, 0) is 51.8 Å². The fourth-order valence-electron chi connectivity index (χ4n) is 3.21. The highest BCUT2D eigenvalue weighted by Gasteiger charge is 2.28. The highest BCUT2D eigenvalue weighted by molar-refractivity contribution is 6.35. The van der Waals surface area contributed by atoms with E-state index in [2.05, 4.69) is 10.3 Å². The Morgan fingerprint density at radius 3 is 2.64 bits per heavy atom. The summed E-state index contributed by atoms with van der Waals surface area (Å²) in [7, 11) is 0. The van der Waals surface area contributed by atoms with Crippen LogP contribution in [0.5, 0.6) is 0 Å². The number of fused-ring (bicyclic) bond motifs is 1. The Bertz CT molecular complexity index is 902. The van der Waals surface area contributed by atoms with Gasteiger partial charge in [0.05, 0.1) is 21.8 Å². The van der Waals surface area contributed by atoms with Crippen LogP contribution in [0.1, 0.15) is 44.0 Å². The molecule has 0 saturated carbocycles. The summed E-state index contributed by atoms with van der Waals surface area (Å²) in [5, 5.41) is 4.00. The standard InChI is InChI=1S/C20H25ClN4O3/c1-20(2,3)28-19(27)25-9-6-12(7-10-25)24-18(26)14-11-15(21)16(22)13-5-4-8-23-17(13)14/h4-5,8,11-12H,6-7,9-10,22H2,1-3H3,(H,24,26). The van der Waals surface area contributed by atoms with Crippen molar-refractivity contribution in [2.24, 2.45) is 0 Å². The zero-order valence-electron chi connectivity index (χ0n) is 16.3. The number of carbonyl (C=O) groups is 2. The first-order chi connectivity index (χ1) is 13.2. The van der Waals surface area contributed by atoms with E-state index >= 15 is 0 Å². The van der Waals surface area contributed by atoms with E-state index in [1.807, 2.05) is 20.8 Å². The van der Waals surface area contributed by atoms with Crippen LogP contribution < -0.4 is 11.1 Å². The van der Waals surface area contributed by atoms with Crippen molar-refractivity contribution < 1.29 is 14.3 Å². The summed E-state index contributed by atoms with van der Waals surface area (Å²) < 4.78 is 5.40. The number of aromatic nitrogens is 1. The van der Waals surface area contributed by atoms with E-state index in [0.29, 0.717) is 53.1 Å². The molecule has 3 N–H and O–H groups in total. The third-order valence-corrected chi connectivity index (χ3v) is 4.92. The lowest BCUT2D eigenvalue weighted by atomic mass is 10.0. The lowest BCUT2D eigenvalue weighted by Crippen LogP contribution is -2.47. The van der Waals surface area contributed by atoms with Crippen molar-refractivity contribution in [3.63, 3.8) is 0 Å². The van der Waals surface area contributed by atoms with Gasteiger partial charge < -0.3 is 20.7 Å². The number of likely N-dealkylation sites (tertiary alicyclic amines) is 1. The maximum atomic E-state index is 12.8. The van der Waals surface area contributed by atoms with Crippen LogP contribution in [0, 0.1) is 0 Å². The summed E-state index contributed by atoms with van der Waals surface area (Å²) in [4.78, 5) is 31.0. The van der Waals surface area contributed by atoms with Gasteiger partial charge in [0.15, 0.2) is 0 Å². The SMILES string of the molecule is CC(C)(C)OC(=O)N1CCC(NC(=O)c2cc(Cl)c(N)c3cccnc23)CC1. The summed E-state index contributed by atoms with van der Waals surface area (Å²) >= 11 is 6.20. The number of hydrogen-bond acceptors (Lipinski definition) is 5. The molecule has 150 valence electrons.